The van der Waals surface area contributed by atoms with Crippen LogP contribution >= 0.6 is 0 Å². The molecule has 0 bridgehead atoms. The van der Waals surface area contributed by atoms with Gasteiger partial charge in [-0.25, -0.2) is 8.42 Å². The van der Waals surface area contributed by atoms with Crippen LogP contribution in [0.25, 0.3) is 0 Å². The Hall–Kier alpha value is -1.75. The van der Waals surface area contributed by atoms with E-state index >= 15 is 0 Å². The zero-order chi connectivity index (χ0) is 26.1. The topological polar surface area (TPSA) is 99.2 Å². The van der Waals surface area contributed by atoms with Crippen LogP contribution in [-0.4, -0.2) is 63.9 Å². The second kappa shape index (κ2) is 10.1. The van der Waals surface area contributed by atoms with E-state index in [0.717, 1.165) is 4.31 Å². The molecule has 0 unspecified atom stereocenters. The SMILES string of the molecule is COC(=O)C[C@@H]1C[C@H](O[Si](C)(C)C(C)(C)C)[C@H](C(=O)OC(C)(C)C)N1S(=O)(=O)c1ccccc1. The molecule has 0 aliphatic carbocycles. The fraction of sp³-hybridized carbons (Fsp3) is 0.667. The maximum atomic E-state index is 13.8. The fourth-order valence-corrected chi connectivity index (χ4v) is 6.84. The van der Waals surface area contributed by atoms with Gasteiger partial charge in [0.15, 0.2) is 8.32 Å². The smallest absolute Gasteiger partial charge is 0.327 e. The number of rotatable bonds is 7. The van der Waals surface area contributed by atoms with E-state index in [1.165, 1.54) is 19.2 Å². The van der Waals surface area contributed by atoms with Crippen molar-refractivity contribution in [1.29, 1.82) is 0 Å². The highest BCUT2D eigenvalue weighted by Crippen LogP contribution is 2.42. The first-order valence-electron chi connectivity index (χ1n) is 11.5. The number of carbonyl (C=O) groups is 2. The van der Waals surface area contributed by atoms with Crippen molar-refractivity contribution in [2.75, 3.05) is 7.11 Å². The third-order valence-electron chi connectivity index (χ3n) is 6.34. The number of sulfonamides is 1. The van der Waals surface area contributed by atoms with E-state index in [1.54, 1.807) is 39.0 Å². The second-order valence-electron chi connectivity index (χ2n) is 11.2. The van der Waals surface area contributed by atoms with E-state index in [0.29, 0.717) is 0 Å². The highest BCUT2D eigenvalue weighted by atomic mass is 32.2. The van der Waals surface area contributed by atoms with Gasteiger partial charge in [-0.3, -0.25) is 9.59 Å². The van der Waals surface area contributed by atoms with Crippen LogP contribution in [0.15, 0.2) is 35.2 Å². The minimum Gasteiger partial charge on any atom is -0.469 e. The minimum absolute atomic E-state index is 0.0337. The Balaban J connectivity index is 2.64. The van der Waals surface area contributed by atoms with Crippen LogP contribution in [0.2, 0.25) is 18.1 Å². The molecule has 1 aliphatic heterocycles. The zero-order valence-electron chi connectivity index (χ0n) is 21.7. The van der Waals surface area contributed by atoms with Crippen molar-refractivity contribution in [2.24, 2.45) is 0 Å². The number of methoxy groups -OCH3 is 1. The summed E-state index contributed by atoms with van der Waals surface area (Å²) < 4.78 is 45.9. The van der Waals surface area contributed by atoms with E-state index in [9.17, 15) is 18.0 Å². The average Bonchev–Trinajstić information content (AvgIpc) is 3.04. The molecule has 0 saturated carbocycles. The van der Waals surface area contributed by atoms with Gasteiger partial charge in [0.05, 0.1) is 24.5 Å². The largest absolute Gasteiger partial charge is 0.469 e. The molecule has 1 heterocycles. The lowest BCUT2D eigenvalue weighted by Crippen LogP contribution is -2.53. The quantitative estimate of drug-likeness (QED) is 0.399. The van der Waals surface area contributed by atoms with Gasteiger partial charge in [0, 0.05) is 6.04 Å². The Morgan fingerprint density at radius 1 is 1.06 bits per heavy atom. The van der Waals surface area contributed by atoms with Crippen LogP contribution in [-0.2, 0) is 33.5 Å². The first-order valence-corrected chi connectivity index (χ1v) is 15.8. The van der Waals surface area contributed by atoms with Crippen LogP contribution in [0.3, 0.4) is 0 Å². The van der Waals surface area contributed by atoms with Gasteiger partial charge in [0.2, 0.25) is 10.0 Å². The van der Waals surface area contributed by atoms with E-state index in [1.807, 2.05) is 13.1 Å². The molecule has 0 spiro atoms. The maximum absolute atomic E-state index is 13.8. The molecule has 192 valence electrons. The number of esters is 2. The molecular weight excluding hydrogens is 474 g/mol. The van der Waals surface area contributed by atoms with E-state index in [-0.39, 0.29) is 22.8 Å². The lowest BCUT2D eigenvalue weighted by atomic mass is 10.1. The molecule has 8 nitrogen and oxygen atoms in total. The van der Waals surface area contributed by atoms with Crippen molar-refractivity contribution in [2.45, 2.75) is 101 Å². The molecule has 0 aromatic heterocycles. The van der Waals surface area contributed by atoms with E-state index in [4.69, 9.17) is 13.9 Å². The van der Waals surface area contributed by atoms with Gasteiger partial charge in [0.25, 0.3) is 0 Å². The first kappa shape index (κ1) is 28.5. The predicted octanol–water partition coefficient (Wildman–Crippen LogP) is 4.11. The highest BCUT2D eigenvalue weighted by molar-refractivity contribution is 7.89. The number of hydrogen-bond acceptors (Lipinski definition) is 7. The van der Waals surface area contributed by atoms with E-state index in [2.05, 4.69) is 20.8 Å². The summed E-state index contributed by atoms with van der Waals surface area (Å²) in [7, 11) is -5.31. The van der Waals surface area contributed by atoms with Crippen molar-refractivity contribution in [3.8, 4) is 0 Å². The molecule has 10 heteroatoms. The number of ether oxygens (including phenoxy) is 2. The normalized spacial score (nSPS) is 22.4. The van der Waals surface area contributed by atoms with Gasteiger partial charge in [-0.15, -0.1) is 0 Å². The van der Waals surface area contributed by atoms with Crippen LogP contribution in [0.1, 0.15) is 54.4 Å². The molecule has 0 radical (unpaired) electrons. The third-order valence-corrected chi connectivity index (χ3v) is 12.8. The van der Waals surface area contributed by atoms with Crippen LogP contribution in [0, 0.1) is 0 Å². The molecular formula is C24H39NO7SSi. The van der Waals surface area contributed by atoms with E-state index < -0.39 is 54.1 Å². The number of nitrogens with zero attached hydrogens (tertiary/aromatic N) is 1. The maximum Gasteiger partial charge on any atom is 0.327 e. The molecule has 2 rings (SSSR count). The molecule has 3 atom stereocenters. The number of hydrogen-bond donors (Lipinski definition) is 0. The predicted molar refractivity (Wildman–Crippen MR) is 132 cm³/mol. The molecule has 0 amide bonds. The Labute approximate surface area is 205 Å². The summed E-state index contributed by atoms with van der Waals surface area (Å²) in [5.74, 6) is -1.25. The van der Waals surface area contributed by atoms with Crippen LogP contribution in [0.5, 0.6) is 0 Å². The average molecular weight is 514 g/mol. The molecule has 0 N–H and O–H groups in total. The van der Waals surface area contributed by atoms with Crippen molar-refractivity contribution in [3.05, 3.63) is 30.3 Å². The Kier molecular flexibility index (Phi) is 8.45. The third kappa shape index (κ3) is 6.47. The minimum atomic E-state index is -4.16. The lowest BCUT2D eigenvalue weighted by Gasteiger charge is -2.40. The Morgan fingerprint density at radius 3 is 2.09 bits per heavy atom. The van der Waals surface area contributed by atoms with Crippen molar-refractivity contribution < 1.29 is 31.9 Å². The highest BCUT2D eigenvalue weighted by Gasteiger charge is 2.55. The van der Waals surface area contributed by atoms with Gasteiger partial charge >= 0.3 is 11.9 Å². The monoisotopic (exact) mass is 513 g/mol. The van der Waals surface area contributed by atoms with Gasteiger partial charge in [0.1, 0.15) is 11.6 Å². The fourth-order valence-electron chi connectivity index (χ4n) is 3.69. The summed E-state index contributed by atoms with van der Waals surface area (Å²) in [6, 6.07) is 5.84. The van der Waals surface area contributed by atoms with Crippen molar-refractivity contribution in [3.63, 3.8) is 0 Å². The van der Waals surface area contributed by atoms with Crippen LogP contribution < -0.4 is 0 Å². The van der Waals surface area contributed by atoms with Crippen LogP contribution in [0.4, 0.5) is 0 Å². The van der Waals surface area contributed by atoms with Gasteiger partial charge in [-0.05, 0) is 57.5 Å². The van der Waals surface area contributed by atoms with Gasteiger partial charge in [-0.1, -0.05) is 39.0 Å². The molecule has 1 aromatic carbocycles. The Bertz CT molecular complexity index is 981. The summed E-state index contributed by atoms with van der Waals surface area (Å²) in [6.07, 6.45) is -0.777. The first-order chi connectivity index (χ1) is 15.4. The summed E-state index contributed by atoms with van der Waals surface area (Å²) in [6.45, 7) is 15.5. The summed E-state index contributed by atoms with van der Waals surface area (Å²) in [5.41, 5.74) is -0.832. The molecule has 1 aromatic rings. The van der Waals surface area contributed by atoms with Crippen molar-refractivity contribution in [1.82, 2.24) is 4.31 Å². The Morgan fingerprint density at radius 2 is 1.62 bits per heavy atom. The summed E-state index contributed by atoms with van der Waals surface area (Å²) >= 11 is 0. The molecule has 1 fully saturated rings. The number of carbonyl (C=O) groups excluding carboxylic acids is 2. The lowest BCUT2D eigenvalue weighted by molar-refractivity contribution is -0.161. The van der Waals surface area contributed by atoms with Crippen molar-refractivity contribution >= 4 is 30.3 Å². The standard InChI is InChI=1S/C24H39NO7SSi/c1-23(2,3)31-22(27)21-19(32-34(8,9)24(4,5)6)15-17(16-20(26)30-7)25(21)33(28,29)18-13-11-10-12-14-18/h10-14,17,19,21H,15-16H2,1-9H3/t17-,19-,21+/m0/s1. The van der Waals surface area contributed by atoms with Gasteiger partial charge in [-0.2, -0.15) is 4.31 Å². The summed E-state index contributed by atoms with van der Waals surface area (Å²) in [5, 5.41) is -0.172. The number of benzene rings is 1. The van der Waals surface area contributed by atoms with Gasteiger partial charge < -0.3 is 13.9 Å². The molecule has 34 heavy (non-hydrogen) atoms. The molecule has 1 aliphatic rings. The zero-order valence-corrected chi connectivity index (χ0v) is 23.6. The second-order valence-corrected chi connectivity index (χ2v) is 17.8. The molecule has 1 saturated heterocycles. The summed E-state index contributed by atoms with van der Waals surface area (Å²) in [4.78, 5) is 25.8.